The number of nitrogens with zero attached hydrogens (tertiary/aromatic N) is 1. The third-order valence-corrected chi connectivity index (χ3v) is 3.65. The first-order chi connectivity index (χ1) is 11.1. The summed E-state index contributed by atoms with van der Waals surface area (Å²) < 4.78 is 31.7. The van der Waals surface area contributed by atoms with E-state index in [1.54, 1.807) is 11.9 Å². The minimum Gasteiger partial charge on any atom is -0.475 e. The summed E-state index contributed by atoms with van der Waals surface area (Å²) in [6.45, 7) is 7.53. The first-order valence-corrected chi connectivity index (χ1v) is 7.12. The van der Waals surface area contributed by atoms with E-state index in [1.807, 2.05) is 6.07 Å². The summed E-state index contributed by atoms with van der Waals surface area (Å²) >= 11 is 0. The van der Waals surface area contributed by atoms with Crippen LogP contribution >= 0.6 is 0 Å². The summed E-state index contributed by atoms with van der Waals surface area (Å²) in [4.78, 5) is 22.2. The highest BCUT2D eigenvalue weighted by molar-refractivity contribution is 6.01. The van der Waals surface area contributed by atoms with Crippen LogP contribution in [0.2, 0.25) is 0 Å². The van der Waals surface area contributed by atoms with E-state index in [2.05, 4.69) is 24.9 Å². The van der Waals surface area contributed by atoms with Crippen molar-refractivity contribution in [1.82, 2.24) is 5.32 Å². The van der Waals surface area contributed by atoms with Gasteiger partial charge in [0.2, 0.25) is 5.91 Å². The van der Waals surface area contributed by atoms with E-state index in [0.717, 1.165) is 25.2 Å². The monoisotopic (exact) mass is 344 g/mol. The van der Waals surface area contributed by atoms with E-state index >= 15 is 0 Å². The second-order valence-corrected chi connectivity index (χ2v) is 5.18. The number of carboxylic acids is 1. The Labute approximate surface area is 137 Å². The number of nitrogens with one attached hydrogen (secondary N) is 1. The van der Waals surface area contributed by atoms with Gasteiger partial charge in [0.25, 0.3) is 0 Å². The minimum atomic E-state index is -5.08. The van der Waals surface area contributed by atoms with Crippen LogP contribution in [-0.2, 0) is 22.6 Å². The first-order valence-electron chi connectivity index (χ1n) is 7.12. The minimum absolute atomic E-state index is 0.0724. The SMILES string of the molecule is C=CC(=O)N(C)c1ccc2c(c1C)CNCC2.O=C(O)C(F)(F)F. The van der Waals surface area contributed by atoms with Crippen molar-refractivity contribution in [2.75, 3.05) is 18.5 Å². The number of carbonyl (C=O) groups excluding carboxylic acids is 1. The Morgan fingerprint density at radius 1 is 1.38 bits per heavy atom. The highest BCUT2D eigenvalue weighted by Gasteiger charge is 2.38. The van der Waals surface area contributed by atoms with E-state index in [4.69, 9.17) is 9.90 Å². The van der Waals surface area contributed by atoms with Crippen molar-refractivity contribution in [2.24, 2.45) is 0 Å². The van der Waals surface area contributed by atoms with Gasteiger partial charge in [-0.1, -0.05) is 12.6 Å². The molecule has 1 aliphatic rings. The van der Waals surface area contributed by atoms with Crippen LogP contribution in [0.25, 0.3) is 0 Å². The fraction of sp³-hybridized carbons (Fsp3) is 0.375. The van der Waals surface area contributed by atoms with Gasteiger partial charge in [-0.3, -0.25) is 4.79 Å². The van der Waals surface area contributed by atoms with Crippen molar-refractivity contribution >= 4 is 17.6 Å². The smallest absolute Gasteiger partial charge is 0.475 e. The average Bonchev–Trinajstić information content (AvgIpc) is 2.53. The maximum absolute atomic E-state index is 11.6. The molecule has 0 aromatic heterocycles. The zero-order valence-corrected chi connectivity index (χ0v) is 13.4. The summed E-state index contributed by atoms with van der Waals surface area (Å²) in [5.41, 5.74) is 4.88. The Morgan fingerprint density at radius 2 is 1.96 bits per heavy atom. The van der Waals surface area contributed by atoms with Gasteiger partial charge in [-0.15, -0.1) is 0 Å². The molecule has 0 unspecified atom stereocenters. The van der Waals surface area contributed by atoms with Gasteiger partial charge < -0.3 is 15.3 Å². The Morgan fingerprint density at radius 3 is 2.46 bits per heavy atom. The third kappa shape index (κ3) is 4.82. The van der Waals surface area contributed by atoms with Crippen LogP contribution in [0.3, 0.4) is 0 Å². The molecule has 0 saturated heterocycles. The number of carboxylic acid groups (broad SMARTS) is 1. The lowest BCUT2D eigenvalue weighted by molar-refractivity contribution is -0.192. The van der Waals surface area contributed by atoms with Gasteiger partial charge in [-0.25, -0.2) is 4.79 Å². The summed E-state index contributed by atoms with van der Waals surface area (Å²) in [7, 11) is 1.79. The van der Waals surface area contributed by atoms with Crippen molar-refractivity contribution in [1.29, 1.82) is 0 Å². The van der Waals surface area contributed by atoms with Gasteiger partial charge in [0.05, 0.1) is 0 Å². The maximum Gasteiger partial charge on any atom is 0.490 e. The fourth-order valence-electron chi connectivity index (χ4n) is 2.34. The number of hydrogen-bond donors (Lipinski definition) is 2. The Kier molecular flexibility index (Phi) is 6.53. The molecule has 0 atom stereocenters. The molecular weight excluding hydrogens is 325 g/mol. The fourth-order valence-corrected chi connectivity index (χ4v) is 2.34. The number of halogens is 3. The second-order valence-electron chi connectivity index (χ2n) is 5.18. The number of hydrogen-bond acceptors (Lipinski definition) is 3. The van der Waals surface area contributed by atoms with Crippen molar-refractivity contribution in [3.8, 4) is 0 Å². The molecule has 132 valence electrons. The molecule has 0 fully saturated rings. The summed E-state index contributed by atoms with van der Waals surface area (Å²) in [6, 6.07) is 4.16. The van der Waals surface area contributed by atoms with E-state index in [-0.39, 0.29) is 5.91 Å². The van der Waals surface area contributed by atoms with Crippen LogP contribution in [0.15, 0.2) is 24.8 Å². The predicted octanol–water partition coefficient (Wildman–Crippen LogP) is 2.42. The third-order valence-electron chi connectivity index (χ3n) is 3.65. The standard InChI is InChI=1S/C14H18N2O.C2HF3O2/c1-4-14(17)16(3)13-6-5-11-7-8-15-9-12(11)10(13)2;3-2(4,5)1(6)7/h4-6,15H,1,7-9H2,2-3H3;(H,6,7). The molecule has 1 amide bonds. The van der Waals surface area contributed by atoms with E-state index < -0.39 is 12.1 Å². The number of amides is 1. The topological polar surface area (TPSA) is 69.6 Å². The van der Waals surface area contributed by atoms with E-state index in [1.165, 1.54) is 22.8 Å². The van der Waals surface area contributed by atoms with Crippen LogP contribution in [0.4, 0.5) is 18.9 Å². The van der Waals surface area contributed by atoms with Crippen LogP contribution in [0.1, 0.15) is 16.7 Å². The zero-order valence-electron chi connectivity index (χ0n) is 13.4. The summed E-state index contributed by atoms with van der Waals surface area (Å²) in [6.07, 6.45) is -2.67. The lowest BCUT2D eigenvalue weighted by Crippen LogP contribution is -2.28. The Balaban J connectivity index is 0.000000351. The largest absolute Gasteiger partial charge is 0.490 e. The van der Waals surface area contributed by atoms with Gasteiger partial charge in [0.1, 0.15) is 0 Å². The second kappa shape index (κ2) is 7.96. The summed E-state index contributed by atoms with van der Waals surface area (Å²) in [5.74, 6) is -2.83. The van der Waals surface area contributed by atoms with Crippen molar-refractivity contribution in [3.05, 3.63) is 41.5 Å². The number of fused-ring (bicyclic) bond motifs is 1. The molecule has 8 heteroatoms. The number of alkyl halides is 3. The predicted molar refractivity (Wildman–Crippen MR) is 83.9 cm³/mol. The van der Waals surface area contributed by atoms with Crippen LogP contribution in [0.5, 0.6) is 0 Å². The molecule has 0 spiro atoms. The number of rotatable bonds is 2. The van der Waals surface area contributed by atoms with Gasteiger partial charge in [-0.05, 0) is 48.7 Å². The lowest BCUT2D eigenvalue weighted by Gasteiger charge is -2.25. The number of carbonyl (C=O) groups is 2. The molecule has 0 radical (unpaired) electrons. The van der Waals surface area contributed by atoms with Crippen molar-refractivity contribution in [3.63, 3.8) is 0 Å². The van der Waals surface area contributed by atoms with Crippen LogP contribution in [-0.4, -0.2) is 36.8 Å². The molecule has 0 saturated carbocycles. The molecule has 24 heavy (non-hydrogen) atoms. The Hall–Kier alpha value is -2.35. The molecular formula is C16H19F3N2O3. The van der Waals surface area contributed by atoms with Crippen LogP contribution < -0.4 is 10.2 Å². The first kappa shape index (κ1) is 19.7. The van der Waals surface area contributed by atoms with Crippen molar-refractivity contribution in [2.45, 2.75) is 26.1 Å². The van der Waals surface area contributed by atoms with Gasteiger partial charge >= 0.3 is 12.1 Å². The van der Waals surface area contributed by atoms with Crippen LogP contribution in [0, 0.1) is 6.92 Å². The van der Waals surface area contributed by atoms with E-state index in [9.17, 15) is 18.0 Å². The molecule has 0 bridgehead atoms. The molecule has 1 aromatic carbocycles. The van der Waals surface area contributed by atoms with E-state index in [0.29, 0.717) is 0 Å². The number of likely N-dealkylation sites (N-methyl/N-ethyl adjacent to an activating group) is 1. The lowest BCUT2D eigenvalue weighted by atomic mass is 9.95. The van der Waals surface area contributed by atoms with Crippen molar-refractivity contribution < 1.29 is 27.9 Å². The summed E-state index contributed by atoms with van der Waals surface area (Å²) in [5, 5.41) is 10.5. The molecule has 1 aliphatic heterocycles. The zero-order chi connectivity index (χ0) is 18.5. The maximum atomic E-state index is 11.6. The van der Waals surface area contributed by atoms with Gasteiger partial charge in [-0.2, -0.15) is 13.2 Å². The van der Waals surface area contributed by atoms with Gasteiger partial charge in [0.15, 0.2) is 0 Å². The molecule has 2 rings (SSSR count). The normalized spacial score (nSPS) is 13.2. The highest BCUT2D eigenvalue weighted by Crippen LogP contribution is 2.27. The number of benzene rings is 1. The quantitative estimate of drug-likeness (QED) is 0.809. The van der Waals surface area contributed by atoms with Gasteiger partial charge in [0, 0.05) is 19.3 Å². The average molecular weight is 344 g/mol. The Bertz CT molecular complexity index is 642. The molecule has 1 heterocycles. The number of aliphatic carboxylic acids is 1. The highest BCUT2D eigenvalue weighted by atomic mass is 19.4. The molecule has 5 nitrogen and oxygen atoms in total. The molecule has 0 aliphatic carbocycles. The molecule has 2 N–H and O–H groups in total. The number of anilines is 1. The molecule has 1 aromatic rings.